The number of carbonyl (C=O) groups excluding carboxylic acids is 2. The molecule has 1 heterocycles. The fourth-order valence-corrected chi connectivity index (χ4v) is 4.58. The molecule has 2 amide bonds. The van der Waals surface area contributed by atoms with Crippen molar-refractivity contribution in [2.75, 3.05) is 62.1 Å². The fraction of sp³-hybridized carbons (Fsp3) is 0.310. The van der Waals surface area contributed by atoms with E-state index in [1.807, 2.05) is 67.6 Å². The molecule has 0 spiro atoms. The molecule has 8 heteroatoms. The van der Waals surface area contributed by atoms with Gasteiger partial charge in [0.1, 0.15) is 12.4 Å². The Morgan fingerprint density at radius 1 is 0.865 bits per heavy atom. The summed E-state index contributed by atoms with van der Waals surface area (Å²) in [7, 11) is 3.15. The van der Waals surface area contributed by atoms with Gasteiger partial charge in [-0.2, -0.15) is 0 Å². The molecule has 3 aromatic carbocycles. The van der Waals surface area contributed by atoms with Crippen molar-refractivity contribution in [2.24, 2.45) is 0 Å². The van der Waals surface area contributed by atoms with E-state index in [9.17, 15) is 9.59 Å². The number of benzene rings is 3. The van der Waals surface area contributed by atoms with E-state index in [4.69, 9.17) is 9.47 Å². The minimum atomic E-state index is -0.273. The van der Waals surface area contributed by atoms with Gasteiger partial charge in [-0.05, 0) is 42.8 Å². The Labute approximate surface area is 218 Å². The second kappa shape index (κ2) is 12.3. The van der Waals surface area contributed by atoms with Crippen LogP contribution >= 0.6 is 0 Å². The number of para-hydroxylation sites is 2. The van der Waals surface area contributed by atoms with Gasteiger partial charge in [-0.1, -0.05) is 42.5 Å². The predicted octanol–water partition coefficient (Wildman–Crippen LogP) is 4.10. The summed E-state index contributed by atoms with van der Waals surface area (Å²) in [5.74, 6) is 0.383. The van der Waals surface area contributed by atoms with Crippen molar-refractivity contribution in [1.82, 2.24) is 5.32 Å². The van der Waals surface area contributed by atoms with Gasteiger partial charge in [-0.15, -0.1) is 0 Å². The smallest absolute Gasteiger partial charge is 0.253 e. The third-order valence-corrected chi connectivity index (χ3v) is 6.49. The lowest BCUT2D eigenvalue weighted by molar-refractivity contribution is -0.119. The number of ether oxygens (including phenoxy) is 2. The molecule has 1 atom stereocenters. The van der Waals surface area contributed by atoms with Crippen LogP contribution in [0.25, 0.3) is 0 Å². The average Bonchev–Trinajstić information content (AvgIpc) is 2.93. The van der Waals surface area contributed by atoms with Gasteiger partial charge in [-0.25, -0.2) is 0 Å². The third-order valence-electron chi connectivity index (χ3n) is 6.49. The van der Waals surface area contributed by atoms with E-state index < -0.39 is 0 Å². The molecule has 0 saturated carbocycles. The van der Waals surface area contributed by atoms with Gasteiger partial charge in [0.25, 0.3) is 5.91 Å². The summed E-state index contributed by atoms with van der Waals surface area (Å²) in [6, 6.07) is 23.2. The second-order valence-corrected chi connectivity index (χ2v) is 8.96. The van der Waals surface area contributed by atoms with Crippen LogP contribution in [0.5, 0.6) is 5.75 Å². The van der Waals surface area contributed by atoms with Crippen molar-refractivity contribution < 1.29 is 19.1 Å². The molecule has 2 N–H and O–H groups in total. The molecular formula is C29H34N4O4. The van der Waals surface area contributed by atoms with Crippen molar-refractivity contribution in [3.8, 4) is 5.75 Å². The zero-order chi connectivity index (χ0) is 26.2. The molecule has 1 fully saturated rings. The maximum absolute atomic E-state index is 13.5. The van der Waals surface area contributed by atoms with Crippen LogP contribution in [0.4, 0.5) is 17.1 Å². The summed E-state index contributed by atoms with van der Waals surface area (Å²) in [5.41, 5.74) is 3.99. The van der Waals surface area contributed by atoms with E-state index >= 15 is 0 Å². The van der Waals surface area contributed by atoms with Crippen molar-refractivity contribution in [3.05, 3.63) is 83.9 Å². The van der Waals surface area contributed by atoms with Crippen molar-refractivity contribution in [2.45, 2.75) is 13.0 Å². The lowest BCUT2D eigenvalue weighted by Crippen LogP contribution is -2.47. The van der Waals surface area contributed by atoms with Crippen molar-refractivity contribution >= 4 is 28.9 Å². The summed E-state index contributed by atoms with van der Waals surface area (Å²) >= 11 is 0. The lowest BCUT2D eigenvalue weighted by atomic mass is 10.1. The number of rotatable bonds is 9. The molecule has 1 aliphatic heterocycles. The van der Waals surface area contributed by atoms with Gasteiger partial charge in [0.2, 0.25) is 5.91 Å². The number of nitrogens with one attached hydrogen (secondary N) is 2. The number of anilines is 3. The zero-order valence-corrected chi connectivity index (χ0v) is 21.6. The first-order valence-electron chi connectivity index (χ1n) is 12.4. The highest BCUT2D eigenvalue weighted by molar-refractivity contribution is 6.02. The highest BCUT2D eigenvalue weighted by Gasteiger charge is 2.24. The number of methoxy groups -OCH3 is 2. The molecule has 37 heavy (non-hydrogen) atoms. The van der Waals surface area contributed by atoms with Crippen LogP contribution < -0.4 is 25.2 Å². The Hall–Kier alpha value is -4.04. The number of hydrogen-bond donors (Lipinski definition) is 2. The number of hydrogen-bond acceptors (Lipinski definition) is 6. The quantitative estimate of drug-likeness (QED) is 0.459. The predicted molar refractivity (Wildman–Crippen MR) is 147 cm³/mol. The topological polar surface area (TPSA) is 83.1 Å². The summed E-state index contributed by atoms with van der Waals surface area (Å²) in [4.78, 5) is 30.1. The third kappa shape index (κ3) is 6.40. The van der Waals surface area contributed by atoms with E-state index in [1.54, 1.807) is 13.2 Å². The SMILES string of the molecule is COCC(=O)Nc1ccc(N2CCN(c3ccccc3OC)CC2)c(C(=O)NC(C)c2ccccc2)c1. The van der Waals surface area contributed by atoms with Crippen molar-refractivity contribution in [1.29, 1.82) is 0 Å². The van der Waals surface area contributed by atoms with Gasteiger partial charge >= 0.3 is 0 Å². The minimum Gasteiger partial charge on any atom is -0.495 e. The molecule has 194 valence electrons. The molecular weight excluding hydrogens is 468 g/mol. The van der Waals surface area contributed by atoms with E-state index in [2.05, 4.69) is 26.5 Å². The van der Waals surface area contributed by atoms with Crippen LogP contribution in [-0.2, 0) is 9.53 Å². The fourth-order valence-electron chi connectivity index (χ4n) is 4.58. The largest absolute Gasteiger partial charge is 0.495 e. The molecule has 3 aromatic rings. The van der Waals surface area contributed by atoms with Crippen LogP contribution in [0.15, 0.2) is 72.8 Å². The normalized spacial score (nSPS) is 14.1. The van der Waals surface area contributed by atoms with E-state index in [0.717, 1.165) is 48.9 Å². The Bertz CT molecular complexity index is 1210. The second-order valence-electron chi connectivity index (χ2n) is 8.96. The van der Waals surface area contributed by atoms with E-state index in [-0.39, 0.29) is 24.5 Å². The van der Waals surface area contributed by atoms with Crippen LogP contribution in [-0.4, -0.2) is 58.8 Å². The van der Waals surface area contributed by atoms with Crippen LogP contribution in [0, 0.1) is 0 Å². The molecule has 8 nitrogen and oxygen atoms in total. The summed E-state index contributed by atoms with van der Waals surface area (Å²) in [5, 5.41) is 5.93. The first-order valence-corrected chi connectivity index (χ1v) is 12.4. The van der Waals surface area contributed by atoms with Crippen molar-refractivity contribution in [3.63, 3.8) is 0 Å². The summed E-state index contributed by atoms with van der Waals surface area (Å²) in [6.45, 7) is 4.95. The molecule has 0 aromatic heterocycles. The number of piperazine rings is 1. The molecule has 0 bridgehead atoms. The van der Waals surface area contributed by atoms with E-state index in [1.165, 1.54) is 7.11 Å². The Kier molecular flexibility index (Phi) is 8.64. The Morgan fingerprint density at radius 3 is 2.19 bits per heavy atom. The van der Waals surface area contributed by atoms with Gasteiger partial charge in [0.05, 0.1) is 24.4 Å². The number of nitrogens with zero attached hydrogens (tertiary/aromatic N) is 2. The standard InChI is InChI=1S/C29H34N4O4/c1-21(22-9-5-4-6-10-22)30-29(35)24-19-23(31-28(34)20-36-2)13-14-25(24)32-15-17-33(18-16-32)26-11-7-8-12-27(26)37-3/h4-14,19,21H,15-18,20H2,1-3H3,(H,30,35)(H,31,34). The highest BCUT2D eigenvalue weighted by atomic mass is 16.5. The number of carbonyl (C=O) groups is 2. The first-order chi connectivity index (χ1) is 18.0. The van der Waals surface area contributed by atoms with Crippen LogP contribution in [0.2, 0.25) is 0 Å². The molecule has 0 aliphatic carbocycles. The van der Waals surface area contributed by atoms with Crippen LogP contribution in [0.1, 0.15) is 28.9 Å². The maximum atomic E-state index is 13.5. The highest BCUT2D eigenvalue weighted by Crippen LogP contribution is 2.31. The lowest BCUT2D eigenvalue weighted by Gasteiger charge is -2.38. The van der Waals surface area contributed by atoms with E-state index in [0.29, 0.717) is 11.3 Å². The first kappa shape index (κ1) is 26.0. The molecule has 1 unspecified atom stereocenters. The average molecular weight is 503 g/mol. The minimum absolute atomic E-state index is 0.0563. The maximum Gasteiger partial charge on any atom is 0.253 e. The Balaban J connectivity index is 1.55. The molecule has 4 rings (SSSR count). The van der Waals surface area contributed by atoms with Gasteiger partial charge < -0.3 is 29.9 Å². The Morgan fingerprint density at radius 2 is 1.51 bits per heavy atom. The zero-order valence-electron chi connectivity index (χ0n) is 21.6. The summed E-state index contributed by atoms with van der Waals surface area (Å²) < 4.78 is 10.5. The molecule has 1 saturated heterocycles. The van der Waals surface area contributed by atoms with Gasteiger partial charge in [0.15, 0.2) is 0 Å². The monoisotopic (exact) mass is 502 g/mol. The molecule has 1 aliphatic rings. The van der Waals surface area contributed by atoms with Gasteiger partial charge in [-0.3, -0.25) is 9.59 Å². The summed E-state index contributed by atoms with van der Waals surface area (Å²) in [6.07, 6.45) is 0. The van der Waals surface area contributed by atoms with Gasteiger partial charge in [0, 0.05) is 44.7 Å². The molecule has 0 radical (unpaired) electrons. The van der Waals surface area contributed by atoms with Crippen LogP contribution in [0.3, 0.4) is 0 Å². The number of amides is 2.